The molecule has 0 saturated heterocycles. The van der Waals surface area contributed by atoms with Crippen LogP contribution in [0.3, 0.4) is 0 Å². The van der Waals surface area contributed by atoms with Crippen molar-refractivity contribution in [3.63, 3.8) is 0 Å². The smallest absolute Gasteiger partial charge is 0.141 e. The number of hydrogen-bond acceptors (Lipinski definition) is 1. The standard InChI is InChI=1S/C12H20ClIN2/c1-2-3-4-5-6-7-8-9-16-10-11(13)12(14)15-16/h10H,2-9H2,1H3. The summed E-state index contributed by atoms with van der Waals surface area (Å²) in [6, 6.07) is 0. The Morgan fingerprint density at radius 1 is 1.19 bits per heavy atom. The molecule has 1 heterocycles. The van der Waals surface area contributed by atoms with Crippen LogP contribution in [0.2, 0.25) is 5.02 Å². The summed E-state index contributed by atoms with van der Waals surface area (Å²) in [6.07, 6.45) is 11.3. The van der Waals surface area contributed by atoms with E-state index in [9.17, 15) is 0 Å². The largest absolute Gasteiger partial charge is 0.270 e. The lowest BCUT2D eigenvalue weighted by Crippen LogP contribution is -1.98. The second-order valence-electron chi connectivity index (χ2n) is 4.15. The van der Waals surface area contributed by atoms with Crippen molar-refractivity contribution >= 4 is 34.2 Å². The molecule has 1 aromatic rings. The van der Waals surface area contributed by atoms with Crippen molar-refractivity contribution in [1.82, 2.24) is 9.78 Å². The molecule has 0 spiro atoms. The zero-order chi connectivity index (χ0) is 11.8. The van der Waals surface area contributed by atoms with Gasteiger partial charge in [-0.3, -0.25) is 4.68 Å². The van der Waals surface area contributed by atoms with Gasteiger partial charge in [0.2, 0.25) is 0 Å². The maximum Gasteiger partial charge on any atom is 0.141 e. The lowest BCUT2D eigenvalue weighted by molar-refractivity contribution is 0.522. The number of hydrogen-bond donors (Lipinski definition) is 0. The molecule has 1 aromatic heterocycles. The maximum absolute atomic E-state index is 5.94. The van der Waals surface area contributed by atoms with E-state index >= 15 is 0 Å². The molecule has 0 aliphatic heterocycles. The molecule has 4 heteroatoms. The summed E-state index contributed by atoms with van der Waals surface area (Å²) < 4.78 is 2.86. The third-order valence-corrected chi connectivity index (χ3v) is 4.06. The van der Waals surface area contributed by atoms with E-state index < -0.39 is 0 Å². The Hall–Kier alpha value is 0.230. The van der Waals surface area contributed by atoms with Gasteiger partial charge in [-0.05, 0) is 29.0 Å². The van der Waals surface area contributed by atoms with Gasteiger partial charge < -0.3 is 0 Å². The van der Waals surface area contributed by atoms with Crippen molar-refractivity contribution < 1.29 is 0 Å². The number of halogens is 2. The van der Waals surface area contributed by atoms with Gasteiger partial charge in [0.25, 0.3) is 0 Å². The van der Waals surface area contributed by atoms with Crippen LogP contribution < -0.4 is 0 Å². The van der Waals surface area contributed by atoms with E-state index in [4.69, 9.17) is 11.6 Å². The van der Waals surface area contributed by atoms with Crippen molar-refractivity contribution in [2.24, 2.45) is 0 Å². The molecular formula is C12H20ClIN2. The SMILES string of the molecule is CCCCCCCCCn1cc(Cl)c(I)n1. The Morgan fingerprint density at radius 2 is 1.81 bits per heavy atom. The molecule has 1 rings (SSSR count). The minimum absolute atomic E-state index is 0.767. The first-order chi connectivity index (χ1) is 7.74. The summed E-state index contributed by atoms with van der Waals surface area (Å²) in [5.74, 6) is 0. The zero-order valence-electron chi connectivity index (χ0n) is 9.88. The highest BCUT2D eigenvalue weighted by Crippen LogP contribution is 2.16. The highest BCUT2D eigenvalue weighted by Gasteiger charge is 2.02. The lowest BCUT2D eigenvalue weighted by atomic mass is 10.1. The summed E-state index contributed by atoms with van der Waals surface area (Å²) in [5.41, 5.74) is 0. The van der Waals surface area contributed by atoms with Gasteiger partial charge in [-0.2, -0.15) is 5.10 Å². The fraction of sp³-hybridized carbons (Fsp3) is 0.750. The molecule has 92 valence electrons. The maximum atomic E-state index is 5.94. The minimum atomic E-state index is 0.767. The second-order valence-corrected chi connectivity index (χ2v) is 5.58. The van der Waals surface area contributed by atoms with Crippen LogP contribution in [0, 0.1) is 3.70 Å². The lowest BCUT2D eigenvalue weighted by Gasteiger charge is -2.01. The Labute approximate surface area is 117 Å². The number of nitrogens with zero attached hydrogens (tertiary/aromatic N) is 2. The van der Waals surface area contributed by atoms with Gasteiger partial charge in [0.05, 0.1) is 5.02 Å². The Morgan fingerprint density at radius 3 is 2.38 bits per heavy atom. The average Bonchev–Trinajstić information content (AvgIpc) is 2.57. The van der Waals surface area contributed by atoms with Crippen LogP contribution in [-0.2, 0) is 6.54 Å². The van der Waals surface area contributed by atoms with E-state index in [0.29, 0.717) is 0 Å². The van der Waals surface area contributed by atoms with E-state index in [1.807, 2.05) is 10.9 Å². The second kappa shape index (κ2) is 8.34. The van der Waals surface area contributed by atoms with Gasteiger partial charge in [0, 0.05) is 12.7 Å². The first kappa shape index (κ1) is 14.3. The van der Waals surface area contributed by atoms with Crippen LogP contribution in [-0.4, -0.2) is 9.78 Å². The van der Waals surface area contributed by atoms with Crippen LogP contribution >= 0.6 is 34.2 Å². The van der Waals surface area contributed by atoms with Crippen LogP contribution in [0.1, 0.15) is 51.9 Å². The van der Waals surface area contributed by atoms with E-state index in [1.54, 1.807) is 0 Å². The quantitative estimate of drug-likeness (QED) is 0.480. The normalized spacial score (nSPS) is 10.9. The van der Waals surface area contributed by atoms with Crippen LogP contribution in [0.4, 0.5) is 0 Å². The molecule has 0 atom stereocenters. The number of aromatic nitrogens is 2. The molecule has 0 N–H and O–H groups in total. The van der Waals surface area contributed by atoms with Gasteiger partial charge in [0.15, 0.2) is 0 Å². The average molecular weight is 355 g/mol. The molecule has 0 aliphatic carbocycles. The van der Waals surface area contributed by atoms with Gasteiger partial charge in [-0.25, -0.2) is 0 Å². The third-order valence-electron chi connectivity index (χ3n) is 2.67. The molecule has 0 unspecified atom stereocenters. The van der Waals surface area contributed by atoms with Crippen molar-refractivity contribution in [2.45, 2.75) is 58.4 Å². The van der Waals surface area contributed by atoms with Crippen molar-refractivity contribution in [3.8, 4) is 0 Å². The molecular weight excluding hydrogens is 335 g/mol. The molecule has 16 heavy (non-hydrogen) atoms. The van der Waals surface area contributed by atoms with Crippen LogP contribution in [0.15, 0.2) is 6.20 Å². The summed E-state index contributed by atoms with van der Waals surface area (Å²) >= 11 is 8.10. The number of aryl methyl sites for hydroxylation is 1. The van der Waals surface area contributed by atoms with E-state index in [1.165, 1.54) is 44.9 Å². The number of unbranched alkanes of at least 4 members (excludes halogenated alkanes) is 6. The van der Waals surface area contributed by atoms with Crippen LogP contribution in [0.25, 0.3) is 0 Å². The zero-order valence-corrected chi connectivity index (χ0v) is 12.8. The Balaban J connectivity index is 2.03. The molecule has 2 nitrogen and oxygen atoms in total. The first-order valence-corrected chi connectivity index (χ1v) is 7.58. The Bertz CT molecular complexity index is 280. The van der Waals surface area contributed by atoms with Gasteiger partial charge in [-0.1, -0.05) is 57.0 Å². The summed E-state index contributed by atoms with van der Waals surface area (Å²) in [5, 5.41) is 5.10. The molecule has 0 radical (unpaired) electrons. The molecule has 0 saturated carbocycles. The monoisotopic (exact) mass is 354 g/mol. The summed E-state index contributed by atoms with van der Waals surface area (Å²) in [4.78, 5) is 0. The predicted molar refractivity (Wildman–Crippen MR) is 77.9 cm³/mol. The number of rotatable bonds is 8. The first-order valence-electron chi connectivity index (χ1n) is 6.12. The van der Waals surface area contributed by atoms with Gasteiger partial charge >= 0.3 is 0 Å². The molecule has 0 amide bonds. The van der Waals surface area contributed by atoms with E-state index in [-0.39, 0.29) is 0 Å². The fourth-order valence-electron chi connectivity index (χ4n) is 1.72. The summed E-state index contributed by atoms with van der Waals surface area (Å²) in [7, 11) is 0. The van der Waals surface area contributed by atoms with Crippen molar-refractivity contribution in [2.75, 3.05) is 0 Å². The fourth-order valence-corrected chi connectivity index (χ4v) is 2.29. The summed E-state index contributed by atoms with van der Waals surface area (Å²) in [6.45, 7) is 3.25. The molecule has 0 bridgehead atoms. The van der Waals surface area contributed by atoms with Crippen LogP contribution in [0.5, 0.6) is 0 Å². The van der Waals surface area contributed by atoms with Gasteiger partial charge in [0.1, 0.15) is 3.70 Å². The van der Waals surface area contributed by atoms with E-state index in [0.717, 1.165) is 15.3 Å². The molecule has 0 aromatic carbocycles. The molecule has 0 fully saturated rings. The topological polar surface area (TPSA) is 17.8 Å². The Kier molecular flexibility index (Phi) is 7.45. The predicted octanol–water partition coefficient (Wildman–Crippen LogP) is 4.89. The highest BCUT2D eigenvalue weighted by atomic mass is 127. The van der Waals surface area contributed by atoms with Crippen molar-refractivity contribution in [1.29, 1.82) is 0 Å². The molecule has 0 aliphatic rings. The third kappa shape index (κ3) is 5.53. The highest BCUT2D eigenvalue weighted by molar-refractivity contribution is 14.1. The van der Waals surface area contributed by atoms with Gasteiger partial charge in [-0.15, -0.1) is 0 Å². The van der Waals surface area contributed by atoms with E-state index in [2.05, 4.69) is 34.6 Å². The van der Waals surface area contributed by atoms with Crippen molar-refractivity contribution in [3.05, 3.63) is 14.9 Å². The minimum Gasteiger partial charge on any atom is -0.270 e.